The summed E-state index contributed by atoms with van der Waals surface area (Å²) in [5.41, 5.74) is 2.63. The summed E-state index contributed by atoms with van der Waals surface area (Å²) in [6.45, 7) is 6.15. The first kappa shape index (κ1) is 24.3. The van der Waals surface area contributed by atoms with Crippen LogP contribution in [0.5, 0.6) is 11.5 Å². The second-order valence-electron chi connectivity index (χ2n) is 8.81. The van der Waals surface area contributed by atoms with Crippen molar-refractivity contribution < 1.29 is 22.7 Å². The van der Waals surface area contributed by atoms with Crippen LogP contribution < -0.4 is 19.7 Å². The molecule has 1 N–H and O–H groups in total. The summed E-state index contributed by atoms with van der Waals surface area (Å²) in [6, 6.07) is 13.6. The van der Waals surface area contributed by atoms with Gasteiger partial charge in [-0.05, 0) is 49.9 Å². The van der Waals surface area contributed by atoms with Crippen LogP contribution in [-0.4, -0.2) is 64.3 Å². The fourth-order valence-corrected chi connectivity index (χ4v) is 5.38. The second kappa shape index (κ2) is 10.7. The number of sulfonamides is 1. The first-order chi connectivity index (χ1) is 16.3. The summed E-state index contributed by atoms with van der Waals surface area (Å²) in [5.74, 6) is 1.72. The van der Waals surface area contributed by atoms with E-state index in [0.29, 0.717) is 50.7 Å². The first-order valence-electron chi connectivity index (χ1n) is 11.8. The molecule has 9 heteroatoms. The lowest BCUT2D eigenvalue weighted by Gasteiger charge is -2.32. The van der Waals surface area contributed by atoms with Gasteiger partial charge in [-0.1, -0.05) is 18.2 Å². The fraction of sp³-hybridized carbons (Fsp3) is 0.480. The number of nitrogens with one attached hydrogen (secondary N) is 1. The second-order valence-corrected chi connectivity index (χ2v) is 10.8. The molecule has 34 heavy (non-hydrogen) atoms. The Kier molecular flexibility index (Phi) is 7.63. The lowest BCUT2D eigenvalue weighted by atomic mass is 9.98. The van der Waals surface area contributed by atoms with Crippen molar-refractivity contribution in [2.45, 2.75) is 26.3 Å². The van der Waals surface area contributed by atoms with Crippen molar-refractivity contribution in [3.8, 4) is 11.5 Å². The molecule has 0 atom stereocenters. The topological polar surface area (TPSA) is 88.2 Å². The molecule has 0 aliphatic carbocycles. The van der Waals surface area contributed by atoms with Gasteiger partial charge in [0, 0.05) is 37.3 Å². The predicted molar refractivity (Wildman–Crippen MR) is 132 cm³/mol. The maximum atomic E-state index is 12.8. The highest BCUT2D eigenvalue weighted by Crippen LogP contribution is 2.34. The number of hydrogen-bond acceptors (Lipinski definition) is 6. The summed E-state index contributed by atoms with van der Waals surface area (Å²) in [6.07, 6.45) is 2.74. The number of carbonyl (C=O) groups excluding carboxylic acids is 1. The normalized spacial score (nSPS) is 17.1. The van der Waals surface area contributed by atoms with Crippen LogP contribution in [0.15, 0.2) is 42.5 Å². The molecule has 0 unspecified atom stereocenters. The highest BCUT2D eigenvalue weighted by molar-refractivity contribution is 7.88. The van der Waals surface area contributed by atoms with Crippen molar-refractivity contribution >= 4 is 21.6 Å². The van der Waals surface area contributed by atoms with E-state index < -0.39 is 10.0 Å². The zero-order valence-corrected chi connectivity index (χ0v) is 20.6. The molecule has 2 aromatic carbocycles. The standard InChI is InChI=1S/C25H33N3O5S/c1-3-32-23-7-5-4-6-21(23)18-27-14-15-33-24-16-20(8-9-22(24)27)25(29)26-17-19-10-12-28(13-11-19)34(2,30)31/h4-9,16,19H,3,10-15,17-18H2,1-2H3,(H,26,29). The van der Waals surface area contributed by atoms with Gasteiger partial charge < -0.3 is 19.7 Å². The molecule has 2 aliphatic heterocycles. The van der Waals surface area contributed by atoms with E-state index >= 15 is 0 Å². The predicted octanol–water partition coefficient (Wildman–Crippen LogP) is 2.89. The number of fused-ring (bicyclic) bond motifs is 1. The van der Waals surface area contributed by atoms with Gasteiger partial charge in [0.2, 0.25) is 10.0 Å². The van der Waals surface area contributed by atoms with Gasteiger partial charge in [-0.25, -0.2) is 12.7 Å². The number of piperidine rings is 1. The molecule has 2 heterocycles. The van der Waals surface area contributed by atoms with Gasteiger partial charge >= 0.3 is 0 Å². The molecular formula is C25H33N3O5S. The molecule has 1 fully saturated rings. The Hall–Kier alpha value is -2.78. The van der Waals surface area contributed by atoms with E-state index in [-0.39, 0.29) is 11.8 Å². The lowest BCUT2D eigenvalue weighted by Crippen LogP contribution is -2.41. The molecule has 0 bridgehead atoms. The zero-order valence-electron chi connectivity index (χ0n) is 19.8. The molecule has 0 spiro atoms. The maximum absolute atomic E-state index is 12.8. The van der Waals surface area contributed by atoms with Gasteiger partial charge in [-0.3, -0.25) is 4.79 Å². The minimum Gasteiger partial charge on any atom is -0.494 e. The number of hydrogen-bond donors (Lipinski definition) is 1. The van der Waals surface area contributed by atoms with Crippen LogP contribution in [0.2, 0.25) is 0 Å². The Labute approximate surface area is 201 Å². The summed E-state index contributed by atoms with van der Waals surface area (Å²) >= 11 is 0. The Bertz CT molecular complexity index is 1110. The molecule has 0 aromatic heterocycles. The Morgan fingerprint density at radius 1 is 1.15 bits per heavy atom. The van der Waals surface area contributed by atoms with Crippen molar-refractivity contribution in [3.63, 3.8) is 0 Å². The van der Waals surface area contributed by atoms with Crippen LogP contribution in [0.4, 0.5) is 5.69 Å². The van der Waals surface area contributed by atoms with Crippen LogP contribution in [0.25, 0.3) is 0 Å². The van der Waals surface area contributed by atoms with Crippen molar-refractivity contribution in [1.29, 1.82) is 0 Å². The molecule has 184 valence electrons. The number of benzene rings is 2. The number of ether oxygens (including phenoxy) is 2. The molecular weight excluding hydrogens is 454 g/mol. The average molecular weight is 488 g/mol. The van der Waals surface area contributed by atoms with Crippen molar-refractivity contribution in [1.82, 2.24) is 9.62 Å². The van der Waals surface area contributed by atoms with Crippen molar-refractivity contribution in [2.75, 3.05) is 50.5 Å². The largest absolute Gasteiger partial charge is 0.494 e. The van der Waals surface area contributed by atoms with Gasteiger partial charge in [0.1, 0.15) is 18.1 Å². The van der Waals surface area contributed by atoms with Crippen LogP contribution in [0, 0.1) is 5.92 Å². The maximum Gasteiger partial charge on any atom is 0.251 e. The molecule has 4 rings (SSSR count). The molecule has 1 saturated heterocycles. The minimum absolute atomic E-state index is 0.143. The number of rotatable bonds is 8. The molecule has 2 aliphatic rings. The fourth-order valence-electron chi connectivity index (χ4n) is 4.50. The number of amides is 1. The summed E-state index contributed by atoms with van der Waals surface area (Å²) < 4.78 is 36.5. The number of carbonyl (C=O) groups is 1. The van der Waals surface area contributed by atoms with Crippen LogP contribution in [-0.2, 0) is 16.6 Å². The van der Waals surface area contributed by atoms with E-state index in [1.165, 1.54) is 10.6 Å². The van der Waals surface area contributed by atoms with Crippen molar-refractivity contribution in [3.05, 3.63) is 53.6 Å². The summed E-state index contributed by atoms with van der Waals surface area (Å²) in [7, 11) is -3.14. The Balaban J connectivity index is 1.37. The van der Waals surface area contributed by atoms with E-state index in [0.717, 1.165) is 36.4 Å². The van der Waals surface area contributed by atoms with E-state index in [4.69, 9.17) is 9.47 Å². The quantitative estimate of drug-likeness (QED) is 0.616. The van der Waals surface area contributed by atoms with Gasteiger partial charge in [-0.15, -0.1) is 0 Å². The minimum atomic E-state index is -3.14. The molecule has 8 nitrogen and oxygen atoms in total. The highest BCUT2D eigenvalue weighted by atomic mass is 32.2. The number of nitrogens with zero attached hydrogens (tertiary/aromatic N) is 2. The summed E-state index contributed by atoms with van der Waals surface area (Å²) in [5, 5.41) is 3.01. The molecule has 0 saturated carbocycles. The monoisotopic (exact) mass is 487 g/mol. The van der Waals surface area contributed by atoms with Crippen LogP contribution in [0.3, 0.4) is 0 Å². The highest BCUT2D eigenvalue weighted by Gasteiger charge is 2.26. The first-order valence-corrected chi connectivity index (χ1v) is 13.7. The number of para-hydroxylation sites is 1. The van der Waals surface area contributed by atoms with E-state index in [9.17, 15) is 13.2 Å². The SMILES string of the molecule is CCOc1ccccc1CN1CCOc2cc(C(=O)NCC3CCN(S(C)(=O)=O)CC3)ccc21. The van der Waals surface area contributed by atoms with Gasteiger partial charge in [0.05, 0.1) is 25.1 Å². The lowest BCUT2D eigenvalue weighted by molar-refractivity contribution is 0.0941. The third-order valence-electron chi connectivity index (χ3n) is 6.41. The molecule has 1 amide bonds. The van der Waals surface area contributed by atoms with E-state index in [1.54, 1.807) is 6.07 Å². The van der Waals surface area contributed by atoms with Crippen LogP contribution >= 0.6 is 0 Å². The number of anilines is 1. The van der Waals surface area contributed by atoms with Gasteiger partial charge in [0.25, 0.3) is 5.91 Å². The van der Waals surface area contributed by atoms with Gasteiger partial charge in [0.15, 0.2) is 0 Å². The smallest absolute Gasteiger partial charge is 0.251 e. The Morgan fingerprint density at radius 3 is 2.65 bits per heavy atom. The summed E-state index contributed by atoms with van der Waals surface area (Å²) in [4.78, 5) is 15.0. The van der Waals surface area contributed by atoms with Crippen molar-refractivity contribution in [2.24, 2.45) is 5.92 Å². The zero-order chi connectivity index (χ0) is 24.1. The Morgan fingerprint density at radius 2 is 1.91 bits per heavy atom. The van der Waals surface area contributed by atoms with Crippen LogP contribution in [0.1, 0.15) is 35.7 Å². The molecule has 0 radical (unpaired) electrons. The molecule has 2 aromatic rings. The third kappa shape index (κ3) is 5.82. The van der Waals surface area contributed by atoms with E-state index in [2.05, 4.69) is 16.3 Å². The van der Waals surface area contributed by atoms with Gasteiger partial charge in [-0.2, -0.15) is 0 Å². The third-order valence-corrected chi connectivity index (χ3v) is 7.71. The average Bonchev–Trinajstić information content (AvgIpc) is 2.83. The van der Waals surface area contributed by atoms with E-state index in [1.807, 2.05) is 37.3 Å².